The Kier molecular flexibility index (Phi) is 3.79. The van der Waals surface area contributed by atoms with E-state index in [2.05, 4.69) is 15.3 Å². The maximum atomic E-state index is 11.0. The fraction of sp³-hybridized carbons (Fsp3) is 0.615. The molecule has 98 valence electrons. The van der Waals surface area contributed by atoms with Crippen molar-refractivity contribution in [1.29, 1.82) is 0 Å². The first-order chi connectivity index (χ1) is 8.56. The van der Waals surface area contributed by atoms with Gasteiger partial charge in [-0.1, -0.05) is 26.7 Å². The number of nitrogens with one attached hydrogen (secondary N) is 1. The fourth-order valence-electron chi connectivity index (χ4n) is 2.19. The zero-order valence-corrected chi connectivity index (χ0v) is 10.8. The van der Waals surface area contributed by atoms with E-state index in [4.69, 9.17) is 5.11 Å². The Labute approximate surface area is 107 Å². The zero-order chi connectivity index (χ0) is 13.1. The van der Waals surface area contributed by atoms with Gasteiger partial charge in [-0.25, -0.2) is 14.8 Å². The number of anilines is 1. The van der Waals surface area contributed by atoms with Crippen LogP contribution < -0.4 is 5.32 Å². The van der Waals surface area contributed by atoms with Crippen LogP contribution in [0.5, 0.6) is 0 Å². The topological polar surface area (TPSA) is 75.1 Å². The minimum absolute atomic E-state index is 0.0641. The van der Waals surface area contributed by atoms with Gasteiger partial charge in [0.1, 0.15) is 11.6 Å². The molecule has 0 aromatic carbocycles. The standard InChI is InChI=1S/C13H19N3O2/c1-8(2)12-15-10(13(17)18)7-11(16-12)14-9-5-3-4-6-9/h7-9H,3-6H2,1-2H3,(H,17,18)(H,14,15,16). The lowest BCUT2D eigenvalue weighted by Crippen LogP contribution is -2.18. The Morgan fingerprint density at radius 1 is 1.39 bits per heavy atom. The van der Waals surface area contributed by atoms with Crippen LogP contribution in [0.3, 0.4) is 0 Å². The number of nitrogens with zero attached hydrogens (tertiary/aromatic N) is 2. The largest absolute Gasteiger partial charge is 0.477 e. The summed E-state index contributed by atoms with van der Waals surface area (Å²) < 4.78 is 0. The molecule has 0 amide bonds. The molecule has 1 aliphatic rings. The zero-order valence-electron chi connectivity index (χ0n) is 10.8. The first-order valence-corrected chi connectivity index (χ1v) is 6.45. The maximum absolute atomic E-state index is 11.0. The third kappa shape index (κ3) is 2.97. The molecule has 1 fully saturated rings. The molecule has 2 N–H and O–H groups in total. The Hall–Kier alpha value is -1.65. The molecule has 1 aromatic rings. The molecule has 0 bridgehead atoms. The molecule has 5 heteroatoms. The molecular weight excluding hydrogens is 230 g/mol. The van der Waals surface area contributed by atoms with Crippen LogP contribution in [0.15, 0.2) is 6.07 Å². The molecule has 1 saturated carbocycles. The predicted molar refractivity (Wildman–Crippen MR) is 69.0 cm³/mol. The number of carbonyl (C=O) groups is 1. The highest BCUT2D eigenvalue weighted by Crippen LogP contribution is 2.22. The summed E-state index contributed by atoms with van der Waals surface area (Å²) in [7, 11) is 0. The van der Waals surface area contributed by atoms with Crippen molar-refractivity contribution in [1.82, 2.24) is 9.97 Å². The number of hydrogen-bond donors (Lipinski definition) is 2. The summed E-state index contributed by atoms with van der Waals surface area (Å²) in [5, 5.41) is 12.4. The lowest BCUT2D eigenvalue weighted by molar-refractivity contribution is 0.0690. The summed E-state index contributed by atoms with van der Waals surface area (Å²) >= 11 is 0. The van der Waals surface area contributed by atoms with Gasteiger partial charge < -0.3 is 10.4 Å². The van der Waals surface area contributed by atoms with Crippen LogP contribution in [0.4, 0.5) is 5.82 Å². The van der Waals surface area contributed by atoms with Crippen LogP contribution in [-0.4, -0.2) is 27.1 Å². The average Bonchev–Trinajstić information content (AvgIpc) is 2.81. The number of carboxylic acid groups (broad SMARTS) is 1. The lowest BCUT2D eigenvalue weighted by atomic mass is 10.2. The van der Waals surface area contributed by atoms with Crippen molar-refractivity contribution in [2.75, 3.05) is 5.32 Å². The first kappa shape index (κ1) is 12.8. The Morgan fingerprint density at radius 3 is 2.61 bits per heavy atom. The van der Waals surface area contributed by atoms with E-state index in [-0.39, 0.29) is 11.6 Å². The third-order valence-corrected chi connectivity index (χ3v) is 3.19. The van der Waals surface area contributed by atoms with E-state index in [1.807, 2.05) is 13.8 Å². The molecule has 0 saturated heterocycles. The average molecular weight is 249 g/mol. The van der Waals surface area contributed by atoms with Gasteiger partial charge in [0.15, 0.2) is 5.69 Å². The summed E-state index contributed by atoms with van der Waals surface area (Å²) in [6.07, 6.45) is 4.71. The minimum atomic E-state index is -1.01. The van der Waals surface area contributed by atoms with Crippen LogP contribution in [0, 0.1) is 0 Å². The van der Waals surface area contributed by atoms with Crippen molar-refractivity contribution >= 4 is 11.8 Å². The Morgan fingerprint density at radius 2 is 2.06 bits per heavy atom. The molecule has 1 heterocycles. The van der Waals surface area contributed by atoms with Crippen molar-refractivity contribution in [3.63, 3.8) is 0 Å². The molecule has 1 aliphatic carbocycles. The number of aromatic nitrogens is 2. The molecule has 0 spiro atoms. The number of rotatable bonds is 4. The van der Waals surface area contributed by atoms with Crippen LogP contribution in [0.1, 0.15) is 61.8 Å². The highest BCUT2D eigenvalue weighted by atomic mass is 16.4. The summed E-state index contributed by atoms with van der Waals surface area (Å²) in [6.45, 7) is 3.92. The second kappa shape index (κ2) is 5.33. The van der Waals surface area contributed by atoms with E-state index in [0.29, 0.717) is 17.7 Å². The Balaban J connectivity index is 2.24. The maximum Gasteiger partial charge on any atom is 0.354 e. The van der Waals surface area contributed by atoms with Gasteiger partial charge in [0.05, 0.1) is 0 Å². The summed E-state index contributed by atoms with van der Waals surface area (Å²) in [6, 6.07) is 1.94. The van der Waals surface area contributed by atoms with Crippen molar-refractivity contribution in [3.05, 3.63) is 17.6 Å². The smallest absolute Gasteiger partial charge is 0.354 e. The van der Waals surface area contributed by atoms with Gasteiger partial charge in [-0.3, -0.25) is 0 Å². The van der Waals surface area contributed by atoms with Gasteiger partial charge in [-0.2, -0.15) is 0 Å². The van der Waals surface area contributed by atoms with E-state index in [1.165, 1.54) is 18.9 Å². The Bertz CT molecular complexity index is 440. The molecule has 1 aromatic heterocycles. The first-order valence-electron chi connectivity index (χ1n) is 6.45. The highest BCUT2D eigenvalue weighted by molar-refractivity contribution is 5.86. The van der Waals surface area contributed by atoms with Gasteiger partial charge in [-0.15, -0.1) is 0 Å². The highest BCUT2D eigenvalue weighted by Gasteiger charge is 2.17. The number of aromatic carboxylic acids is 1. The molecule has 0 radical (unpaired) electrons. The molecule has 0 atom stereocenters. The van der Waals surface area contributed by atoms with Gasteiger partial charge in [0.25, 0.3) is 0 Å². The lowest BCUT2D eigenvalue weighted by Gasteiger charge is -2.14. The SMILES string of the molecule is CC(C)c1nc(NC2CCCC2)cc(C(=O)O)n1. The molecule has 0 aliphatic heterocycles. The predicted octanol–water partition coefficient (Wildman–Crippen LogP) is 2.65. The van der Waals surface area contributed by atoms with E-state index in [1.54, 1.807) is 0 Å². The van der Waals surface area contributed by atoms with Gasteiger partial charge >= 0.3 is 5.97 Å². The van der Waals surface area contributed by atoms with Crippen LogP contribution in [0.25, 0.3) is 0 Å². The second-order valence-corrected chi connectivity index (χ2v) is 5.08. The number of hydrogen-bond acceptors (Lipinski definition) is 4. The second-order valence-electron chi connectivity index (χ2n) is 5.08. The van der Waals surface area contributed by atoms with Gasteiger partial charge in [0.2, 0.25) is 0 Å². The normalized spacial score (nSPS) is 16.2. The third-order valence-electron chi connectivity index (χ3n) is 3.19. The van der Waals surface area contributed by atoms with E-state index < -0.39 is 5.97 Å². The monoisotopic (exact) mass is 249 g/mol. The van der Waals surface area contributed by atoms with Crippen molar-refractivity contribution in [2.45, 2.75) is 51.5 Å². The number of carboxylic acids is 1. The van der Waals surface area contributed by atoms with Crippen molar-refractivity contribution in [3.8, 4) is 0 Å². The van der Waals surface area contributed by atoms with Gasteiger partial charge in [0, 0.05) is 18.0 Å². The van der Waals surface area contributed by atoms with Crippen molar-refractivity contribution < 1.29 is 9.90 Å². The fourth-order valence-corrected chi connectivity index (χ4v) is 2.19. The van der Waals surface area contributed by atoms with Crippen molar-refractivity contribution in [2.24, 2.45) is 0 Å². The van der Waals surface area contributed by atoms with E-state index >= 15 is 0 Å². The van der Waals surface area contributed by atoms with Crippen LogP contribution in [-0.2, 0) is 0 Å². The summed E-state index contributed by atoms with van der Waals surface area (Å²) in [5.74, 6) is 0.329. The van der Waals surface area contributed by atoms with E-state index in [9.17, 15) is 4.79 Å². The summed E-state index contributed by atoms with van der Waals surface area (Å²) in [5.41, 5.74) is 0.0641. The molecule has 0 unspecified atom stereocenters. The van der Waals surface area contributed by atoms with Crippen LogP contribution in [0.2, 0.25) is 0 Å². The molecule has 2 rings (SSSR count). The van der Waals surface area contributed by atoms with E-state index in [0.717, 1.165) is 12.8 Å². The van der Waals surface area contributed by atoms with Gasteiger partial charge in [-0.05, 0) is 12.8 Å². The minimum Gasteiger partial charge on any atom is -0.477 e. The molecular formula is C13H19N3O2. The summed E-state index contributed by atoms with van der Waals surface area (Å²) in [4.78, 5) is 19.5. The molecule has 18 heavy (non-hydrogen) atoms. The molecule has 5 nitrogen and oxygen atoms in total. The quantitative estimate of drug-likeness (QED) is 0.858. The van der Waals surface area contributed by atoms with Crippen LogP contribution >= 0.6 is 0 Å².